The molecule has 2 aliphatic rings. The molecule has 0 spiro atoms. The normalized spacial score (nSPS) is 17.1. The van der Waals surface area contributed by atoms with Gasteiger partial charge in [0.25, 0.3) is 5.91 Å². The van der Waals surface area contributed by atoms with Gasteiger partial charge in [-0.2, -0.15) is 0 Å². The summed E-state index contributed by atoms with van der Waals surface area (Å²) >= 11 is 12.3. The topological polar surface area (TPSA) is 115 Å². The summed E-state index contributed by atoms with van der Waals surface area (Å²) in [6.07, 6.45) is 1.69. The van der Waals surface area contributed by atoms with Crippen LogP contribution < -0.4 is 5.14 Å². The smallest absolute Gasteiger partial charge is 0.254 e. The van der Waals surface area contributed by atoms with Gasteiger partial charge in [0.05, 0.1) is 5.02 Å². The van der Waals surface area contributed by atoms with E-state index in [0.29, 0.717) is 12.1 Å². The van der Waals surface area contributed by atoms with Crippen molar-refractivity contribution in [2.24, 2.45) is 5.14 Å². The first-order valence-corrected chi connectivity index (χ1v) is 11.7. The van der Waals surface area contributed by atoms with Gasteiger partial charge in [0.1, 0.15) is 4.90 Å². The molecule has 0 radical (unpaired) electrons. The quantitative estimate of drug-likeness (QED) is 0.683. The number of benzene rings is 2. The van der Waals surface area contributed by atoms with Crippen molar-refractivity contribution in [3.8, 4) is 0 Å². The van der Waals surface area contributed by atoms with Crippen LogP contribution in [0.15, 0.2) is 41.3 Å². The third kappa shape index (κ3) is 5.34. The molecular weight excluding hydrogens is 485 g/mol. The number of hydrogen-bond acceptors (Lipinski definition) is 4. The number of piperidine rings is 1. The van der Waals surface area contributed by atoms with E-state index >= 15 is 0 Å². The maximum absolute atomic E-state index is 12.9. The van der Waals surface area contributed by atoms with E-state index in [4.69, 9.17) is 28.3 Å². The van der Waals surface area contributed by atoms with Gasteiger partial charge in [0.15, 0.2) is 0 Å². The second kappa shape index (κ2) is 10.0. The number of nitrogens with zero attached hydrogens (tertiary/aromatic N) is 2. The average Bonchev–Trinajstić information content (AvgIpc) is 2.98. The van der Waals surface area contributed by atoms with Crippen LogP contribution in [0.4, 0.5) is 0 Å². The fourth-order valence-corrected chi connectivity index (χ4v) is 5.42. The molecule has 7 nitrogen and oxygen atoms in total. The highest BCUT2D eigenvalue weighted by Crippen LogP contribution is 2.33. The monoisotopic (exact) mass is 507 g/mol. The van der Waals surface area contributed by atoms with E-state index in [2.05, 4.69) is 4.90 Å². The van der Waals surface area contributed by atoms with Crippen molar-refractivity contribution in [2.75, 3.05) is 13.1 Å². The summed E-state index contributed by atoms with van der Waals surface area (Å²) in [5.74, 6) is -0.161. The van der Waals surface area contributed by atoms with E-state index in [-0.39, 0.29) is 39.8 Å². The van der Waals surface area contributed by atoms with Crippen molar-refractivity contribution >= 4 is 51.5 Å². The summed E-state index contributed by atoms with van der Waals surface area (Å²) < 4.78 is 23.4. The second-order valence-electron chi connectivity index (χ2n) is 7.52. The van der Waals surface area contributed by atoms with Crippen molar-refractivity contribution in [3.05, 3.63) is 63.1 Å². The van der Waals surface area contributed by atoms with E-state index in [1.54, 1.807) is 6.07 Å². The number of sulfonamides is 1. The van der Waals surface area contributed by atoms with Crippen LogP contribution in [0.1, 0.15) is 34.3 Å². The Morgan fingerprint density at radius 3 is 2.32 bits per heavy atom. The molecular formula is C20H24Cl3N3O4S. The number of carbonyl (C=O) groups excluding carboxylic acids is 1. The molecule has 1 amide bonds. The standard InChI is InChI=1S/C20H21Cl2N3O3S.ClH.H2O/c21-17-4-2-1-3-13(17)11-24-7-5-15(6-8-24)25-12-14-9-18(22)19(29(23,27)28)10-16(14)20(25)26;;/h1-4,9-10,15H,5-8,11-12H2,(H2,23,27,28);1H;1H2. The Kier molecular flexibility index (Phi) is 8.38. The van der Waals surface area contributed by atoms with Crippen LogP contribution in [0.25, 0.3) is 0 Å². The summed E-state index contributed by atoms with van der Waals surface area (Å²) in [5, 5.41) is 6.03. The summed E-state index contributed by atoms with van der Waals surface area (Å²) in [6.45, 7) is 2.94. The molecule has 4 rings (SSSR count). The van der Waals surface area contributed by atoms with Gasteiger partial charge in [-0.05, 0) is 42.2 Å². The van der Waals surface area contributed by atoms with E-state index in [1.807, 2.05) is 29.2 Å². The highest BCUT2D eigenvalue weighted by Gasteiger charge is 2.36. The molecule has 1 fully saturated rings. The van der Waals surface area contributed by atoms with E-state index < -0.39 is 10.0 Å². The molecule has 1 saturated heterocycles. The Labute approximate surface area is 197 Å². The Bertz CT molecular complexity index is 1070. The van der Waals surface area contributed by atoms with Crippen molar-refractivity contribution in [3.63, 3.8) is 0 Å². The summed E-state index contributed by atoms with van der Waals surface area (Å²) in [7, 11) is -3.98. The average molecular weight is 509 g/mol. The molecule has 170 valence electrons. The predicted octanol–water partition coefficient (Wildman–Crippen LogP) is 2.86. The number of hydrogen-bond donors (Lipinski definition) is 1. The lowest BCUT2D eigenvalue weighted by atomic mass is 10.0. The Morgan fingerprint density at radius 1 is 1.06 bits per heavy atom. The molecule has 0 bridgehead atoms. The number of nitrogens with two attached hydrogens (primary N) is 1. The van der Waals surface area contributed by atoms with Crippen LogP contribution in [0.3, 0.4) is 0 Å². The van der Waals surface area contributed by atoms with E-state index in [9.17, 15) is 13.2 Å². The van der Waals surface area contributed by atoms with Crippen molar-refractivity contribution in [2.45, 2.75) is 36.9 Å². The summed E-state index contributed by atoms with van der Waals surface area (Å²) in [6, 6.07) is 10.8. The number of carbonyl (C=O) groups is 1. The lowest BCUT2D eigenvalue weighted by Gasteiger charge is -2.36. The molecule has 0 aliphatic carbocycles. The minimum absolute atomic E-state index is 0. The molecule has 2 heterocycles. The van der Waals surface area contributed by atoms with Crippen LogP contribution in [0.2, 0.25) is 10.0 Å². The number of rotatable bonds is 4. The van der Waals surface area contributed by atoms with Gasteiger partial charge in [0, 0.05) is 42.8 Å². The van der Waals surface area contributed by atoms with Crippen molar-refractivity contribution < 1.29 is 18.7 Å². The minimum Gasteiger partial charge on any atom is -0.412 e. The van der Waals surface area contributed by atoms with Crippen LogP contribution in [0, 0.1) is 0 Å². The largest absolute Gasteiger partial charge is 0.412 e. The molecule has 11 heteroatoms. The fraction of sp³-hybridized carbons (Fsp3) is 0.350. The number of amides is 1. The molecule has 31 heavy (non-hydrogen) atoms. The van der Waals surface area contributed by atoms with Crippen molar-refractivity contribution in [1.82, 2.24) is 9.80 Å². The molecule has 0 saturated carbocycles. The molecule has 0 atom stereocenters. The first kappa shape index (κ1) is 25.9. The number of primary sulfonamides is 1. The third-order valence-corrected chi connectivity index (χ3v) is 7.39. The molecule has 0 aromatic heterocycles. The highest BCUT2D eigenvalue weighted by atomic mass is 35.5. The maximum Gasteiger partial charge on any atom is 0.254 e. The highest BCUT2D eigenvalue weighted by molar-refractivity contribution is 7.89. The Balaban J connectivity index is 0.00000171. The van der Waals surface area contributed by atoms with Gasteiger partial charge >= 0.3 is 0 Å². The fourth-order valence-electron chi connectivity index (χ4n) is 4.10. The van der Waals surface area contributed by atoms with Gasteiger partial charge in [-0.25, -0.2) is 13.6 Å². The zero-order valence-corrected chi connectivity index (χ0v) is 19.7. The van der Waals surface area contributed by atoms with Crippen molar-refractivity contribution in [1.29, 1.82) is 0 Å². The SMILES string of the molecule is Cl.NS(=O)(=O)c1cc2c(cc1Cl)CN(C1CCN(Cc3ccccc3Cl)CC1)C2=O.O. The molecule has 4 N–H and O–H groups in total. The lowest BCUT2D eigenvalue weighted by Crippen LogP contribution is -2.44. The van der Waals surface area contributed by atoms with Crippen LogP contribution in [0.5, 0.6) is 0 Å². The predicted molar refractivity (Wildman–Crippen MR) is 123 cm³/mol. The molecule has 2 aliphatic heterocycles. The van der Waals surface area contributed by atoms with Gasteiger partial charge < -0.3 is 10.4 Å². The van der Waals surface area contributed by atoms with E-state index in [0.717, 1.165) is 48.6 Å². The van der Waals surface area contributed by atoms with Gasteiger partial charge in [-0.3, -0.25) is 9.69 Å². The molecule has 0 unspecified atom stereocenters. The lowest BCUT2D eigenvalue weighted by molar-refractivity contribution is 0.0590. The van der Waals surface area contributed by atoms with Gasteiger partial charge in [-0.1, -0.05) is 41.4 Å². The zero-order valence-electron chi connectivity index (χ0n) is 16.6. The molecule has 2 aromatic rings. The number of fused-ring (bicyclic) bond motifs is 1. The maximum atomic E-state index is 12.9. The Hall–Kier alpha value is -1.39. The first-order valence-electron chi connectivity index (χ1n) is 9.36. The zero-order chi connectivity index (χ0) is 20.8. The second-order valence-corrected chi connectivity index (χ2v) is 9.86. The molecule has 2 aromatic carbocycles. The minimum atomic E-state index is -3.98. The van der Waals surface area contributed by atoms with E-state index in [1.165, 1.54) is 6.07 Å². The Morgan fingerprint density at radius 2 is 1.71 bits per heavy atom. The summed E-state index contributed by atoms with van der Waals surface area (Å²) in [4.78, 5) is 16.9. The van der Waals surface area contributed by atoms with Crippen LogP contribution >= 0.6 is 35.6 Å². The first-order chi connectivity index (χ1) is 13.7. The van der Waals surface area contributed by atoms with Crippen LogP contribution in [-0.2, 0) is 23.1 Å². The number of likely N-dealkylation sites (tertiary alicyclic amines) is 1. The van der Waals surface area contributed by atoms with Crippen LogP contribution in [-0.4, -0.2) is 48.7 Å². The van der Waals surface area contributed by atoms with Gasteiger partial charge in [-0.15, -0.1) is 12.4 Å². The van der Waals surface area contributed by atoms with Gasteiger partial charge in [0.2, 0.25) is 10.0 Å². The summed E-state index contributed by atoms with van der Waals surface area (Å²) in [5.41, 5.74) is 2.21. The number of halogens is 3. The third-order valence-electron chi connectivity index (χ3n) is 5.65.